The highest BCUT2D eigenvalue weighted by Crippen LogP contribution is 2.41. The van der Waals surface area contributed by atoms with Gasteiger partial charge in [0.05, 0.1) is 0 Å². The van der Waals surface area contributed by atoms with Gasteiger partial charge in [-0.15, -0.1) is 0 Å². The van der Waals surface area contributed by atoms with Crippen molar-refractivity contribution < 1.29 is 9.53 Å². The molecule has 1 aromatic carbocycles. The number of carbonyl (C=O) groups is 1. The van der Waals surface area contributed by atoms with Crippen LogP contribution in [0.3, 0.4) is 0 Å². The van der Waals surface area contributed by atoms with Crippen LogP contribution in [0.4, 0.5) is 0 Å². The summed E-state index contributed by atoms with van der Waals surface area (Å²) < 4.78 is 5.08. The van der Waals surface area contributed by atoms with Gasteiger partial charge in [-0.2, -0.15) is 0 Å². The van der Waals surface area contributed by atoms with Crippen LogP contribution in [0.25, 0.3) is 0 Å². The van der Waals surface area contributed by atoms with E-state index in [1.807, 2.05) is 45.0 Å². The number of aryl methyl sites for hydroxylation is 1. The minimum atomic E-state index is -0.341. The van der Waals surface area contributed by atoms with Gasteiger partial charge in [0, 0.05) is 0 Å². The molecule has 0 amide bonds. The van der Waals surface area contributed by atoms with E-state index in [1.165, 1.54) is 5.56 Å². The third-order valence-corrected chi connectivity index (χ3v) is 2.71. The van der Waals surface area contributed by atoms with Crippen LogP contribution in [0.15, 0.2) is 24.3 Å². The van der Waals surface area contributed by atoms with E-state index in [0.717, 1.165) is 5.56 Å². The first-order chi connectivity index (χ1) is 6.50. The Balaban J connectivity index is 2.31. The molecule has 2 nitrogen and oxygen atoms in total. The smallest absolute Gasteiger partial charge is 0.318 e. The molecule has 1 heterocycles. The van der Waals surface area contributed by atoms with Gasteiger partial charge in [-0.05, 0) is 26.3 Å². The van der Waals surface area contributed by atoms with Crippen LogP contribution in [-0.2, 0) is 9.53 Å². The van der Waals surface area contributed by atoms with Crippen LogP contribution in [-0.4, -0.2) is 11.6 Å². The van der Waals surface area contributed by atoms with E-state index in [0.29, 0.717) is 0 Å². The van der Waals surface area contributed by atoms with E-state index in [1.54, 1.807) is 0 Å². The zero-order valence-corrected chi connectivity index (χ0v) is 8.70. The van der Waals surface area contributed by atoms with Crippen molar-refractivity contribution in [2.24, 2.45) is 0 Å². The maximum absolute atomic E-state index is 11.3. The molecular weight excluding hydrogens is 176 g/mol. The van der Waals surface area contributed by atoms with Crippen molar-refractivity contribution in [3.05, 3.63) is 35.4 Å². The highest BCUT2D eigenvalue weighted by molar-refractivity contribution is 5.85. The highest BCUT2D eigenvalue weighted by Gasteiger charge is 2.50. The van der Waals surface area contributed by atoms with Crippen molar-refractivity contribution in [1.29, 1.82) is 0 Å². The highest BCUT2D eigenvalue weighted by atomic mass is 16.6. The lowest BCUT2D eigenvalue weighted by atomic mass is 9.80. The Hall–Kier alpha value is -1.31. The summed E-state index contributed by atoms with van der Waals surface area (Å²) in [5.74, 6) is -0.207. The molecule has 1 saturated heterocycles. The van der Waals surface area contributed by atoms with Crippen LogP contribution in [0.1, 0.15) is 30.9 Å². The standard InChI is InChI=1S/C12H14O2/c1-8-4-6-9(7-5-8)10-11(13)14-12(10,2)3/h4-7,10H,1-3H3. The molecule has 14 heavy (non-hydrogen) atoms. The number of ether oxygens (including phenoxy) is 1. The van der Waals surface area contributed by atoms with Gasteiger partial charge in [0.2, 0.25) is 0 Å². The lowest BCUT2D eigenvalue weighted by Gasteiger charge is -2.42. The Morgan fingerprint density at radius 2 is 1.79 bits per heavy atom. The van der Waals surface area contributed by atoms with Crippen LogP contribution < -0.4 is 0 Å². The van der Waals surface area contributed by atoms with Gasteiger partial charge >= 0.3 is 5.97 Å². The molecule has 0 N–H and O–H groups in total. The molecule has 1 aromatic rings. The fraction of sp³-hybridized carbons (Fsp3) is 0.417. The summed E-state index contributed by atoms with van der Waals surface area (Å²) in [6.07, 6.45) is 0. The maximum atomic E-state index is 11.3. The topological polar surface area (TPSA) is 26.3 Å². The second kappa shape index (κ2) is 2.84. The van der Waals surface area contributed by atoms with Crippen molar-refractivity contribution >= 4 is 5.97 Å². The molecule has 0 saturated carbocycles. The second-order valence-corrected chi connectivity index (χ2v) is 4.37. The molecular formula is C12H14O2. The first kappa shape index (κ1) is 9.25. The summed E-state index contributed by atoms with van der Waals surface area (Å²) in [5, 5.41) is 0. The summed E-state index contributed by atoms with van der Waals surface area (Å²) in [7, 11) is 0. The van der Waals surface area contributed by atoms with Crippen molar-refractivity contribution in [1.82, 2.24) is 0 Å². The van der Waals surface area contributed by atoms with Gasteiger partial charge in [0.25, 0.3) is 0 Å². The fourth-order valence-electron chi connectivity index (χ4n) is 1.90. The molecule has 2 heteroatoms. The van der Waals surface area contributed by atoms with Gasteiger partial charge < -0.3 is 4.74 Å². The zero-order chi connectivity index (χ0) is 10.3. The third-order valence-electron chi connectivity index (χ3n) is 2.71. The maximum Gasteiger partial charge on any atom is 0.318 e. The summed E-state index contributed by atoms with van der Waals surface area (Å²) in [5.41, 5.74) is 1.92. The zero-order valence-electron chi connectivity index (χ0n) is 8.70. The van der Waals surface area contributed by atoms with Crippen molar-refractivity contribution in [2.45, 2.75) is 32.3 Å². The molecule has 0 radical (unpaired) electrons. The van der Waals surface area contributed by atoms with Crippen molar-refractivity contribution in [3.8, 4) is 0 Å². The van der Waals surface area contributed by atoms with Gasteiger partial charge in [0.1, 0.15) is 11.5 Å². The van der Waals surface area contributed by atoms with E-state index in [-0.39, 0.29) is 17.5 Å². The van der Waals surface area contributed by atoms with E-state index >= 15 is 0 Å². The predicted octanol–water partition coefficient (Wildman–Crippen LogP) is 2.41. The number of esters is 1. The van der Waals surface area contributed by atoms with Crippen molar-refractivity contribution in [2.75, 3.05) is 0 Å². The molecule has 1 aliphatic rings. The fourth-order valence-corrected chi connectivity index (χ4v) is 1.90. The molecule has 2 rings (SSSR count). The number of rotatable bonds is 1. The van der Waals surface area contributed by atoms with E-state index in [4.69, 9.17) is 4.74 Å². The molecule has 1 atom stereocenters. The molecule has 0 aliphatic carbocycles. The molecule has 0 bridgehead atoms. The second-order valence-electron chi connectivity index (χ2n) is 4.37. The normalized spacial score (nSPS) is 23.9. The molecule has 0 aromatic heterocycles. The van der Waals surface area contributed by atoms with E-state index < -0.39 is 0 Å². The van der Waals surface area contributed by atoms with E-state index in [2.05, 4.69) is 0 Å². The lowest BCUT2D eigenvalue weighted by Crippen LogP contribution is -2.51. The third kappa shape index (κ3) is 1.31. The number of hydrogen-bond acceptors (Lipinski definition) is 2. The first-order valence-electron chi connectivity index (χ1n) is 4.80. The largest absolute Gasteiger partial charge is 0.458 e. The minimum Gasteiger partial charge on any atom is -0.458 e. The van der Waals surface area contributed by atoms with Gasteiger partial charge in [-0.1, -0.05) is 29.8 Å². The Morgan fingerprint density at radius 3 is 2.21 bits per heavy atom. The molecule has 0 spiro atoms. The Morgan fingerprint density at radius 1 is 1.21 bits per heavy atom. The average molecular weight is 190 g/mol. The molecule has 74 valence electrons. The summed E-state index contributed by atoms with van der Waals surface area (Å²) in [6, 6.07) is 8.05. The SMILES string of the molecule is Cc1ccc(C2C(=O)OC2(C)C)cc1. The van der Waals surface area contributed by atoms with Gasteiger partial charge in [-0.3, -0.25) is 4.79 Å². The van der Waals surface area contributed by atoms with Crippen LogP contribution in [0.5, 0.6) is 0 Å². The number of cyclic esters (lactones) is 1. The summed E-state index contributed by atoms with van der Waals surface area (Å²) in [6.45, 7) is 5.92. The summed E-state index contributed by atoms with van der Waals surface area (Å²) in [4.78, 5) is 11.3. The number of benzene rings is 1. The Labute approximate surface area is 83.9 Å². The quantitative estimate of drug-likeness (QED) is 0.636. The molecule has 1 aliphatic heterocycles. The Kier molecular flexibility index (Phi) is 1.88. The predicted molar refractivity (Wildman–Crippen MR) is 54.1 cm³/mol. The monoisotopic (exact) mass is 190 g/mol. The van der Waals surface area contributed by atoms with E-state index in [9.17, 15) is 4.79 Å². The Bertz CT molecular complexity index is 362. The summed E-state index contributed by atoms with van der Waals surface area (Å²) >= 11 is 0. The van der Waals surface area contributed by atoms with Gasteiger partial charge in [0.15, 0.2) is 0 Å². The first-order valence-corrected chi connectivity index (χ1v) is 4.80. The average Bonchev–Trinajstić information content (AvgIpc) is 2.07. The van der Waals surface area contributed by atoms with Crippen LogP contribution >= 0.6 is 0 Å². The van der Waals surface area contributed by atoms with Crippen LogP contribution in [0, 0.1) is 6.92 Å². The number of hydrogen-bond donors (Lipinski definition) is 0. The lowest BCUT2D eigenvalue weighted by molar-refractivity contribution is -0.191. The van der Waals surface area contributed by atoms with Gasteiger partial charge in [-0.25, -0.2) is 0 Å². The van der Waals surface area contributed by atoms with Crippen LogP contribution in [0.2, 0.25) is 0 Å². The van der Waals surface area contributed by atoms with Crippen molar-refractivity contribution in [3.63, 3.8) is 0 Å². The molecule has 1 fully saturated rings. The molecule has 1 unspecified atom stereocenters. The minimum absolute atomic E-state index is 0.0944. The number of carbonyl (C=O) groups excluding carboxylic acids is 1.